The number of benzene rings is 1. The van der Waals surface area contributed by atoms with Crippen LogP contribution in [-0.2, 0) is 35.2 Å². The number of hydrogen-bond acceptors (Lipinski definition) is 8. The number of carboxylic acids is 3. The zero-order valence-electron chi connectivity index (χ0n) is 18.7. The van der Waals surface area contributed by atoms with Gasteiger partial charge >= 0.3 is 17.9 Å². The van der Waals surface area contributed by atoms with Crippen LogP contribution < -0.4 is 21.7 Å². The number of carboxylic acid groups (broad SMARTS) is 3. The maximum atomic E-state index is 12.7. The molecule has 1 rings (SSSR count). The number of carbonyl (C=O) groups excluding carboxylic acids is 3. The van der Waals surface area contributed by atoms with Crippen molar-refractivity contribution in [3.8, 4) is 0 Å². The Bertz CT molecular complexity index is 937. The highest BCUT2D eigenvalue weighted by Gasteiger charge is 2.33. The smallest absolute Gasteiger partial charge is 0.326 e. The van der Waals surface area contributed by atoms with E-state index in [1.807, 2.05) is 5.32 Å². The quantitative estimate of drug-likeness (QED) is 0.133. The Labute approximate surface area is 199 Å². The first-order chi connectivity index (χ1) is 16.3. The Hall–Kier alpha value is -4.04. The van der Waals surface area contributed by atoms with E-state index in [2.05, 4.69) is 10.6 Å². The Morgan fingerprint density at radius 2 is 1.34 bits per heavy atom. The van der Waals surface area contributed by atoms with Gasteiger partial charge in [-0.25, -0.2) is 4.79 Å². The summed E-state index contributed by atoms with van der Waals surface area (Å²) in [5, 5.41) is 43.5. The van der Waals surface area contributed by atoms with E-state index in [4.69, 9.17) is 15.9 Å². The molecule has 0 heterocycles. The fraction of sp³-hybridized carbons (Fsp3) is 0.429. The third-order valence-corrected chi connectivity index (χ3v) is 4.70. The zero-order chi connectivity index (χ0) is 26.7. The van der Waals surface area contributed by atoms with Gasteiger partial charge in [-0.3, -0.25) is 24.0 Å². The average molecular weight is 496 g/mol. The number of nitrogens with one attached hydrogen (secondary N) is 3. The molecular weight excluding hydrogens is 468 g/mol. The zero-order valence-corrected chi connectivity index (χ0v) is 18.7. The van der Waals surface area contributed by atoms with E-state index in [0.29, 0.717) is 5.56 Å². The van der Waals surface area contributed by atoms with Crippen LogP contribution in [0.3, 0.4) is 0 Å². The second-order valence-corrected chi connectivity index (χ2v) is 7.68. The number of rotatable bonds is 14. The van der Waals surface area contributed by atoms with Crippen molar-refractivity contribution in [1.29, 1.82) is 0 Å². The predicted molar refractivity (Wildman–Crippen MR) is 118 cm³/mol. The largest absolute Gasteiger partial charge is 0.481 e. The van der Waals surface area contributed by atoms with Gasteiger partial charge in [0.25, 0.3) is 0 Å². The van der Waals surface area contributed by atoms with Crippen molar-refractivity contribution in [2.24, 2.45) is 5.73 Å². The lowest BCUT2D eigenvalue weighted by Crippen LogP contribution is -2.60. The van der Waals surface area contributed by atoms with Crippen molar-refractivity contribution in [3.05, 3.63) is 35.9 Å². The third-order valence-electron chi connectivity index (χ3n) is 4.70. The summed E-state index contributed by atoms with van der Waals surface area (Å²) in [5.74, 6) is -7.67. The van der Waals surface area contributed by atoms with Crippen molar-refractivity contribution >= 4 is 35.6 Å². The van der Waals surface area contributed by atoms with Crippen LogP contribution >= 0.6 is 0 Å². The van der Waals surface area contributed by atoms with Gasteiger partial charge in [-0.05, 0) is 12.5 Å². The van der Waals surface area contributed by atoms with Gasteiger partial charge in [0, 0.05) is 6.42 Å². The summed E-state index contributed by atoms with van der Waals surface area (Å²) < 4.78 is 0. The molecule has 0 fully saturated rings. The van der Waals surface area contributed by atoms with E-state index >= 15 is 0 Å². The molecule has 0 saturated carbocycles. The van der Waals surface area contributed by atoms with Gasteiger partial charge in [0.1, 0.15) is 18.1 Å². The molecule has 14 heteroatoms. The van der Waals surface area contributed by atoms with Crippen LogP contribution in [-0.4, -0.2) is 86.3 Å². The first-order valence-corrected chi connectivity index (χ1v) is 10.4. The van der Waals surface area contributed by atoms with E-state index < -0.39 is 78.7 Å². The van der Waals surface area contributed by atoms with Crippen LogP contribution in [0.15, 0.2) is 30.3 Å². The lowest BCUT2D eigenvalue weighted by Gasteiger charge is -2.26. The monoisotopic (exact) mass is 496 g/mol. The molecular formula is C21H28N4O10. The number of aliphatic carboxylic acids is 3. The molecule has 0 aliphatic carbocycles. The molecule has 1 aromatic rings. The molecule has 0 spiro atoms. The maximum Gasteiger partial charge on any atom is 0.326 e. The van der Waals surface area contributed by atoms with Gasteiger partial charge in [0.05, 0.1) is 25.0 Å². The Kier molecular flexibility index (Phi) is 11.3. The molecule has 35 heavy (non-hydrogen) atoms. The Morgan fingerprint density at radius 1 is 0.800 bits per heavy atom. The number of aliphatic hydroxyl groups is 1. The number of amides is 3. The molecule has 0 aliphatic rings. The summed E-state index contributed by atoms with van der Waals surface area (Å²) >= 11 is 0. The van der Waals surface area contributed by atoms with Crippen LogP contribution in [0.1, 0.15) is 25.3 Å². The van der Waals surface area contributed by atoms with E-state index in [1.54, 1.807) is 30.3 Å². The van der Waals surface area contributed by atoms with Crippen molar-refractivity contribution < 1.29 is 49.2 Å². The summed E-state index contributed by atoms with van der Waals surface area (Å²) in [4.78, 5) is 70.8. The van der Waals surface area contributed by atoms with Crippen molar-refractivity contribution in [2.75, 3.05) is 0 Å². The molecule has 0 aromatic heterocycles. The van der Waals surface area contributed by atoms with Crippen LogP contribution in [0.2, 0.25) is 0 Å². The minimum atomic E-state index is -1.77. The first-order valence-electron chi connectivity index (χ1n) is 10.4. The number of aliphatic hydroxyl groups excluding tert-OH is 1. The van der Waals surface area contributed by atoms with Crippen LogP contribution in [0, 0.1) is 0 Å². The Morgan fingerprint density at radius 3 is 1.83 bits per heavy atom. The van der Waals surface area contributed by atoms with Crippen molar-refractivity contribution in [2.45, 2.75) is 56.5 Å². The topological polar surface area (TPSA) is 245 Å². The number of hydrogen-bond donors (Lipinski definition) is 8. The normalized spacial score (nSPS) is 14.9. The van der Waals surface area contributed by atoms with Gasteiger partial charge in [-0.1, -0.05) is 30.3 Å². The summed E-state index contributed by atoms with van der Waals surface area (Å²) in [6, 6.07) is 1.89. The third kappa shape index (κ3) is 10.2. The molecule has 3 amide bonds. The molecule has 5 unspecified atom stereocenters. The van der Waals surface area contributed by atoms with Gasteiger partial charge in [0.2, 0.25) is 17.7 Å². The predicted octanol–water partition coefficient (Wildman–Crippen LogP) is -2.57. The van der Waals surface area contributed by atoms with Gasteiger partial charge in [0.15, 0.2) is 0 Å². The Balaban J connectivity index is 2.97. The minimum Gasteiger partial charge on any atom is -0.481 e. The molecule has 0 aliphatic heterocycles. The number of nitrogens with two attached hydrogens (primary N) is 1. The molecule has 9 N–H and O–H groups in total. The van der Waals surface area contributed by atoms with Gasteiger partial charge in [-0.15, -0.1) is 0 Å². The van der Waals surface area contributed by atoms with Crippen LogP contribution in [0.4, 0.5) is 0 Å². The van der Waals surface area contributed by atoms with Gasteiger partial charge < -0.3 is 42.1 Å². The fourth-order valence-electron chi connectivity index (χ4n) is 2.91. The van der Waals surface area contributed by atoms with Crippen molar-refractivity contribution in [1.82, 2.24) is 16.0 Å². The average Bonchev–Trinajstić information content (AvgIpc) is 2.75. The van der Waals surface area contributed by atoms with E-state index in [0.717, 1.165) is 6.92 Å². The highest BCUT2D eigenvalue weighted by molar-refractivity contribution is 5.96. The SMILES string of the molecule is CC(O)C(NC(=O)C(CC(=O)O)NC(=O)C(N)CC(=O)O)C(=O)NC(Cc1ccccc1)C(=O)O. The van der Waals surface area contributed by atoms with Gasteiger partial charge in [-0.2, -0.15) is 0 Å². The standard InChI is InChI=1S/C21H28N4O10/c1-10(26)17(20(33)24-14(21(34)35)7-11-5-3-2-4-6-11)25-19(32)13(9-16(29)30)23-18(31)12(22)8-15(27)28/h2-6,10,12-14,17,26H,7-9,22H2,1H3,(H,23,31)(H,24,33)(H,25,32)(H,27,28)(H,29,30)(H,34,35). The van der Waals surface area contributed by atoms with Crippen LogP contribution in [0.5, 0.6) is 0 Å². The molecule has 5 atom stereocenters. The molecule has 1 aromatic carbocycles. The highest BCUT2D eigenvalue weighted by Crippen LogP contribution is 2.06. The molecule has 0 radical (unpaired) electrons. The van der Waals surface area contributed by atoms with E-state index in [1.165, 1.54) is 0 Å². The van der Waals surface area contributed by atoms with E-state index in [-0.39, 0.29) is 6.42 Å². The first kappa shape index (κ1) is 29.0. The fourth-order valence-corrected chi connectivity index (χ4v) is 2.91. The summed E-state index contributed by atoms with van der Waals surface area (Å²) in [6.07, 6.45) is -3.37. The maximum absolute atomic E-state index is 12.7. The summed E-state index contributed by atoms with van der Waals surface area (Å²) in [6.45, 7) is 1.13. The molecule has 0 bridgehead atoms. The summed E-state index contributed by atoms with van der Waals surface area (Å²) in [7, 11) is 0. The van der Waals surface area contributed by atoms with Crippen molar-refractivity contribution in [3.63, 3.8) is 0 Å². The van der Waals surface area contributed by atoms with E-state index in [9.17, 15) is 39.0 Å². The second-order valence-electron chi connectivity index (χ2n) is 7.68. The highest BCUT2D eigenvalue weighted by atomic mass is 16.4. The summed E-state index contributed by atoms with van der Waals surface area (Å²) in [5.41, 5.74) is 6.01. The molecule has 192 valence electrons. The second kappa shape index (κ2) is 13.6. The lowest BCUT2D eigenvalue weighted by molar-refractivity contribution is -0.144. The lowest BCUT2D eigenvalue weighted by atomic mass is 10.0. The number of carbonyl (C=O) groups is 6. The molecule has 0 saturated heterocycles. The van der Waals surface area contributed by atoms with Crippen LogP contribution in [0.25, 0.3) is 0 Å². The minimum absolute atomic E-state index is 0.0957. The molecule has 14 nitrogen and oxygen atoms in total.